The predicted molar refractivity (Wildman–Crippen MR) is 188 cm³/mol. The number of H-pyrrole nitrogens is 1. The zero-order chi connectivity index (χ0) is 37.3. The number of nitrogens with zero attached hydrogens (tertiary/aromatic N) is 1. The molecule has 4 heterocycles. The molecule has 2 fully saturated rings. The van der Waals surface area contributed by atoms with Gasteiger partial charge in [0.15, 0.2) is 11.9 Å². The van der Waals surface area contributed by atoms with Gasteiger partial charge in [0, 0.05) is 24.7 Å². The van der Waals surface area contributed by atoms with Gasteiger partial charge in [0.2, 0.25) is 18.1 Å². The minimum Gasteiger partial charge on any atom is -0.481 e. The van der Waals surface area contributed by atoms with Crippen LogP contribution in [0.15, 0.2) is 33.7 Å². The number of hydrogen-bond acceptors (Lipinski definition) is 9. The van der Waals surface area contributed by atoms with Crippen LogP contribution in [0.1, 0.15) is 130 Å². The first kappa shape index (κ1) is 41.4. The average Bonchev–Trinajstić information content (AvgIpc) is 3.51. The van der Waals surface area contributed by atoms with Crippen molar-refractivity contribution in [2.45, 2.75) is 160 Å². The van der Waals surface area contributed by atoms with Gasteiger partial charge >= 0.3 is 11.7 Å². The molecule has 15 heteroatoms. The van der Waals surface area contributed by atoms with Crippen molar-refractivity contribution in [2.24, 2.45) is 11.7 Å². The Balaban J connectivity index is 0.000000396. The number of aromatic nitrogens is 2. The zero-order valence-electron chi connectivity index (χ0n) is 30.2. The number of carboxylic acid groups (broad SMARTS) is 1. The summed E-state index contributed by atoms with van der Waals surface area (Å²) in [5.74, 6) is -2.36. The predicted octanol–water partition coefficient (Wildman–Crippen LogP) is 3.52. The Kier molecular flexibility index (Phi) is 17.4. The van der Waals surface area contributed by atoms with Crippen molar-refractivity contribution in [3.63, 3.8) is 0 Å². The molecule has 0 spiro atoms. The number of aromatic amines is 1. The highest BCUT2D eigenvalue weighted by molar-refractivity contribution is 5.95. The van der Waals surface area contributed by atoms with Crippen LogP contribution in [0.5, 0.6) is 0 Å². The Labute approximate surface area is 299 Å². The molecule has 1 aromatic rings. The van der Waals surface area contributed by atoms with Crippen LogP contribution in [0, 0.1) is 5.92 Å². The molecule has 2 saturated heterocycles. The van der Waals surface area contributed by atoms with E-state index in [0.29, 0.717) is 32.1 Å². The Hall–Kier alpha value is -3.98. The van der Waals surface area contributed by atoms with Crippen LogP contribution in [0.4, 0.5) is 0 Å². The average molecular weight is 720 g/mol. The van der Waals surface area contributed by atoms with Gasteiger partial charge in [-0.15, -0.1) is 0 Å². The molecule has 7 atom stereocenters. The molecule has 0 aromatic carbocycles. The van der Waals surface area contributed by atoms with Gasteiger partial charge in [-0.3, -0.25) is 33.5 Å². The van der Waals surface area contributed by atoms with Gasteiger partial charge in [-0.2, -0.15) is 0 Å². The zero-order valence-corrected chi connectivity index (χ0v) is 30.2. The van der Waals surface area contributed by atoms with Crippen LogP contribution in [-0.2, 0) is 33.4 Å². The number of carboxylic acids is 1. The fourth-order valence-corrected chi connectivity index (χ4v) is 6.32. The summed E-state index contributed by atoms with van der Waals surface area (Å²) in [4.78, 5) is 73.4. The van der Waals surface area contributed by atoms with E-state index in [1.54, 1.807) is 13.0 Å². The fraction of sp³-hybridized carbons (Fsp3) is 0.722. The summed E-state index contributed by atoms with van der Waals surface area (Å²) < 4.78 is 18.6. The van der Waals surface area contributed by atoms with Gasteiger partial charge in [0.1, 0.15) is 12.3 Å². The van der Waals surface area contributed by atoms with Gasteiger partial charge in [-0.25, -0.2) is 4.79 Å². The maximum Gasteiger partial charge on any atom is 0.330 e. The Morgan fingerprint density at radius 3 is 2.41 bits per heavy atom. The summed E-state index contributed by atoms with van der Waals surface area (Å²) >= 11 is 0. The van der Waals surface area contributed by atoms with Crippen molar-refractivity contribution in [3.8, 4) is 0 Å². The van der Waals surface area contributed by atoms with E-state index >= 15 is 0 Å². The molecule has 7 unspecified atom stereocenters. The van der Waals surface area contributed by atoms with E-state index in [4.69, 9.17) is 25.1 Å². The summed E-state index contributed by atoms with van der Waals surface area (Å²) in [6.45, 7) is 5.94. The lowest BCUT2D eigenvalue weighted by molar-refractivity contribution is -0.195. The number of unbranched alkanes of at least 4 members (excludes halogenated alkanes) is 7. The highest BCUT2D eigenvalue weighted by atomic mass is 16.7. The fourth-order valence-electron chi connectivity index (χ4n) is 6.32. The molecule has 3 amide bonds. The number of aliphatic carboxylic acids is 1. The Morgan fingerprint density at radius 1 is 1.04 bits per heavy atom. The van der Waals surface area contributed by atoms with Crippen molar-refractivity contribution in [1.82, 2.24) is 20.2 Å². The highest BCUT2D eigenvalue weighted by Crippen LogP contribution is 2.31. The first-order valence-electron chi connectivity index (χ1n) is 18.5. The summed E-state index contributed by atoms with van der Waals surface area (Å²) in [6, 6.07) is 0.592. The number of hydrogen-bond donors (Lipinski definition) is 5. The molecule has 3 aliphatic rings. The van der Waals surface area contributed by atoms with Gasteiger partial charge in [0.25, 0.3) is 11.5 Å². The first-order valence-corrected chi connectivity index (χ1v) is 18.5. The van der Waals surface area contributed by atoms with E-state index in [9.17, 15) is 28.8 Å². The van der Waals surface area contributed by atoms with Crippen molar-refractivity contribution < 1.29 is 38.5 Å². The lowest BCUT2D eigenvalue weighted by Gasteiger charge is -2.30. The van der Waals surface area contributed by atoms with Crippen LogP contribution in [0.3, 0.4) is 0 Å². The highest BCUT2D eigenvalue weighted by Gasteiger charge is 2.39. The molecule has 286 valence electrons. The number of carbonyl (C=O) groups excluding carboxylic acids is 3. The SMILES string of the molecule is CC1CCCC(NC(=O)C2=CCCC(OC(C(N)=O)C3CCC(n4ccc(=O)[nH]c4=O)O3)O2)C(=O)N1.CCCCCCCCCCC(C)C(=O)O. The van der Waals surface area contributed by atoms with Crippen molar-refractivity contribution in [2.75, 3.05) is 0 Å². The summed E-state index contributed by atoms with van der Waals surface area (Å²) in [6.07, 6.45) is 14.2. The quantitative estimate of drug-likeness (QED) is 0.147. The van der Waals surface area contributed by atoms with E-state index in [1.165, 1.54) is 61.8 Å². The van der Waals surface area contributed by atoms with Gasteiger partial charge in [-0.1, -0.05) is 65.2 Å². The van der Waals surface area contributed by atoms with Crippen LogP contribution in [0.2, 0.25) is 0 Å². The molecule has 15 nitrogen and oxygen atoms in total. The lowest BCUT2D eigenvalue weighted by Crippen LogP contribution is -2.48. The third-order valence-corrected chi connectivity index (χ3v) is 9.37. The molecule has 1 aromatic heterocycles. The molecule has 51 heavy (non-hydrogen) atoms. The number of amides is 3. The van der Waals surface area contributed by atoms with E-state index in [1.807, 2.05) is 6.92 Å². The molecule has 0 bridgehead atoms. The third kappa shape index (κ3) is 13.9. The van der Waals surface area contributed by atoms with Crippen molar-refractivity contribution in [1.29, 1.82) is 0 Å². The second kappa shape index (κ2) is 21.4. The summed E-state index contributed by atoms with van der Waals surface area (Å²) in [7, 11) is 0. The molecule has 3 aliphatic heterocycles. The number of nitrogens with one attached hydrogen (secondary N) is 3. The standard InChI is InChI=1S/C23H31N5O8.C13H26O2/c1-12-4-2-5-13(21(31)25-12)26-22(32)15-6-3-7-18(35-15)36-19(20(24)30)14-8-9-17(34-14)28-11-10-16(29)27-23(28)33;1-3-4-5-6-7-8-9-10-11-12(2)13(14)15/h6,10-14,17-19H,2-5,7-9H2,1H3,(H2,24,30)(H,25,31)(H,26,32)(H,27,29,33);12H,3-11H2,1-2H3,(H,14,15). The topological polar surface area (TPSA) is 221 Å². The van der Waals surface area contributed by atoms with Gasteiger partial charge in [-0.05, 0) is 57.9 Å². The normalized spacial score (nSPS) is 24.4. The van der Waals surface area contributed by atoms with E-state index in [0.717, 1.165) is 25.7 Å². The second-order valence-electron chi connectivity index (χ2n) is 13.7. The second-order valence-corrected chi connectivity index (χ2v) is 13.7. The van der Waals surface area contributed by atoms with Crippen LogP contribution >= 0.6 is 0 Å². The molecule has 0 radical (unpaired) electrons. The number of allylic oxidation sites excluding steroid dienone is 1. The molecule has 0 aliphatic carbocycles. The number of ether oxygens (including phenoxy) is 3. The summed E-state index contributed by atoms with van der Waals surface area (Å²) in [5.41, 5.74) is 4.42. The molecular formula is C36H57N5O10. The monoisotopic (exact) mass is 719 g/mol. The third-order valence-electron chi connectivity index (χ3n) is 9.37. The first-order chi connectivity index (χ1) is 24.4. The van der Waals surface area contributed by atoms with Crippen molar-refractivity contribution in [3.05, 3.63) is 44.9 Å². The van der Waals surface area contributed by atoms with Crippen LogP contribution < -0.4 is 27.6 Å². The Morgan fingerprint density at radius 2 is 1.75 bits per heavy atom. The number of nitrogens with two attached hydrogens (primary N) is 1. The maximum absolute atomic E-state index is 12.8. The Bertz CT molecular complexity index is 1440. The minimum absolute atomic E-state index is 0.00424. The number of rotatable bonds is 17. The van der Waals surface area contributed by atoms with E-state index in [-0.39, 0.29) is 23.6 Å². The molecular weight excluding hydrogens is 662 g/mol. The maximum atomic E-state index is 12.8. The molecule has 6 N–H and O–H groups in total. The van der Waals surface area contributed by atoms with E-state index < -0.39 is 59.8 Å². The van der Waals surface area contributed by atoms with Gasteiger partial charge < -0.3 is 35.7 Å². The number of primary amides is 1. The van der Waals surface area contributed by atoms with E-state index in [2.05, 4.69) is 22.5 Å². The van der Waals surface area contributed by atoms with Crippen LogP contribution in [0.25, 0.3) is 0 Å². The van der Waals surface area contributed by atoms with Crippen molar-refractivity contribution >= 4 is 23.7 Å². The smallest absolute Gasteiger partial charge is 0.330 e. The number of carbonyl (C=O) groups is 4. The lowest BCUT2D eigenvalue weighted by atomic mass is 10.0. The van der Waals surface area contributed by atoms with Gasteiger partial charge in [0.05, 0.1) is 12.0 Å². The molecule has 4 rings (SSSR count). The summed E-state index contributed by atoms with van der Waals surface area (Å²) in [5, 5.41) is 14.2. The minimum atomic E-state index is -1.19. The molecule has 0 saturated carbocycles. The largest absolute Gasteiger partial charge is 0.481 e. The van der Waals surface area contributed by atoms with Crippen LogP contribution in [-0.4, -0.2) is 68.9 Å².